The van der Waals surface area contributed by atoms with Gasteiger partial charge in [0.1, 0.15) is 5.60 Å². The number of hydrogen-bond acceptors (Lipinski definition) is 4. The molecule has 0 heterocycles. The number of hydrogen-bond donors (Lipinski definition) is 1. The zero-order chi connectivity index (χ0) is 15.6. The van der Waals surface area contributed by atoms with Crippen LogP contribution in [0, 0.1) is 0 Å². The second-order valence-electron chi connectivity index (χ2n) is 5.72. The molecule has 1 aromatic carbocycles. The lowest BCUT2D eigenvalue weighted by molar-refractivity contribution is -0.179. The van der Waals surface area contributed by atoms with Gasteiger partial charge in [-0.05, 0) is 45.4 Å². The van der Waals surface area contributed by atoms with Crippen molar-refractivity contribution in [2.24, 2.45) is 0 Å². The van der Waals surface area contributed by atoms with E-state index in [0.29, 0.717) is 5.56 Å². The van der Waals surface area contributed by atoms with Gasteiger partial charge in [0.15, 0.2) is 5.78 Å². The minimum atomic E-state index is -2.15. The molecule has 1 aromatic rings. The fourth-order valence-electron chi connectivity index (χ4n) is 1.60. The Hall–Kier alpha value is -1.20. The summed E-state index contributed by atoms with van der Waals surface area (Å²) in [6.45, 7) is 6.24. The van der Waals surface area contributed by atoms with Crippen molar-refractivity contribution < 1.29 is 19.4 Å². The number of carbonyl (C=O) groups is 2. The third-order valence-corrected chi connectivity index (χ3v) is 3.22. The first-order chi connectivity index (χ1) is 9.04. The van der Waals surface area contributed by atoms with Crippen LogP contribution in [0.25, 0.3) is 0 Å². The van der Waals surface area contributed by atoms with Crippen LogP contribution in [0.2, 0.25) is 0 Å². The first kappa shape index (κ1) is 16.9. The molecule has 1 N–H and O–H groups in total. The summed E-state index contributed by atoms with van der Waals surface area (Å²) in [7, 11) is 0. The second-order valence-corrected chi connectivity index (χ2v) is 6.64. The molecule has 0 aromatic heterocycles. The number of Topliss-reactive ketones (excluding diaryl/α,β-unsaturated/α-hetero) is 1. The van der Waals surface area contributed by atoms with Crippen molar-refractivity contribution in [2.75, 3.05) is 0 Å². The monoisotopic (exact) mass is 342 g/mol. The Morgan fingerprint density at radius 2 is 1.70 bits per heavy atom. The lowest BCUT2D eigenvalue weighted by Gasteiger charge is -2.28. The molecule has 1 atom stereocenters. The molecule has 0 aliphatic heterocycles. The number of ketones is 1. The Kier molecular flexibility index (Phi) is 5.10. The molecule has 4 nitrogen and oxygen atoms in total. The van der Waals surface area contributed by atoms with E-state index in [-0.39, 0.29) is 6.42 Å². The van der Waals surface area contributed by atoms with Crippen LogP contribution in [0.5, 0.6) is 0 Å². The van der Waals surface area contributed by atoms with Crippen LogP contribution >= 0.6 is 15.9 Å². The Morgan fingerprint density at radius 3 is 2.10 bits per heavy atom. The van der Waals surface area contributed by atoms with Gasteiger partial charge in [-0.25, -0.2) is 4.79 Å². The van der Waals surface area contributed by atoms with E-state index in [0.717, 1.165) is 4.47 Å². The van der Waals surface area contributed by atoms with Crippen LogP contribution in [0.3, 0.4) is 0 Å². The van der Waals surface area contributed by atoms with Crippen molar-refractivity contribution in [3.63, 3.8) is 0 Å². The smallest absolute Gasteiger partial charge is 0.346 e. The summed E-state index contributed by atoms with van der Waals surface area (Å²) in [5, 5.41) is 10.4. The Bertz CT molecular complexity index is 502. The molecule has 0 bridgehead atoms. The maximum atomic E-state index is 12.1. The molecule has 20 heavy (non-hydrogen) atoms. The Morgan fingerprint density at radius 1 is 1.20 bits per heavy atom. The molecule has 0 saturated heterocycles. The summed E-state index contributed by atoms with van der Waals surface area (Å²) in [6, 6.07) is 7.04. The minimum Gasteiger partial charge on any atom is -0.457 e. The molecule has 0 spiro atoms. The number of halogens is 1. The molecular weight excluding hydrogens is 324 g/mol. The molecule has 0 amide bonds. The van der Waals surface area contributed by atoms with E-state index in [1.165, 1.54) is 6.92 Å². The standard InChI is InChI=1S/C15H19BrO4/c1-10(17)15(19,13(18)20-14(2,3)4)9-11-5-7-12(16)8-6-11/h5-8,19H,9H2,1-4H3/t15-/m1/s1. The zero-order valence-electron chi connectivity index (χ0n) is 12.1. The molecule has 5 heteroatoms. The molecule has 1 rings (SSSR count). The highest BCUT2D eigenvalue weighted by Gasteiger charge is 2.44. The van der Waals surface area contributed by atoms with Crippen molar-refractivity contribution in [1.82, 2.24) is 0 Å². The molecule has 0 unspecified atom stereocenters. The first-order valence-electron chi connectivity index (χ1n) is 6.26. The Labute approximate surface area is 127 Å². The van der Waals surface area contributed by atoms with Gasteiger partial charge in [-0.3, -0.25) is 4.79 Å². The van der Waals surface area contributed by atoms with Crippen molar-refractivity contribution in [3.8, 4) is 0 Å². The molecule has 0 saturated carbocycles. The van der Waals surface area contributed by atoms with Crippen LogP contribution in [0.15, 0.2) is 28.7 Å². The number of aliphatic hydroxyl groups is 1. The Balaban J connectivity index is 3.00. The summed E-state index contributed by atoms with van der Waals surface area (Å²) in [6.07, 6.45) is -0.107. The van der Waals surface area contributed by atoms with Gasteiger partial charge in [0.05, 0.1) is 0 Å². The van der Waals surface area contributed by atoms with Gasteiger partial charge in [-0.2, -0.15) is 0 Å². The van der Waals surface area contributed by atoms with Crippen molar-refractivity contribution in [1.29, 1.82) is 0 Å². The van der Waals surface area contributed by atoms with Gasteiger partial charge < -0.3 is 9.84 Å². The van der Waals surface area contributed by atoms with Crippen molar-refractivity contribution in [3.05, 3.63) is 34.3 Å². The first-order valence-corrected chi connectivity index (χ1v) is 7.05. The number of benzene rings is 1. The van der Waals surface area contributed by atoms with E-state index in [9.17, 15) is 14.7 Å². The zero-order valence-corrected chi connectivity index (χ0v) is 13.7. The van der Waals surface area contributed by atoms with Crippen LogP contribution in [0.4, 0.5) is 0 Å². The van der Waals surface area contributed by atoms with E-state index >= 15 is 0 Å². The summed E-state index contributed by atoms with van der Waals surface area (Å²) in [4.78, 5) is 23.8. The highest BCUT2D eigenvalue weighted by atomic mass is 79.9. The minimum absolute atomic E-state index is 0.107. The van der Waals surface area contributed by atoms with E-state index in [4.69, 9.17) is 4.74 Å². The summed E-state index contributed by atoms with van der Waals surface area (Å²) in [5.74, 6) is -1.55. The van der Waals surface area contributed by atoms with Crippen molar-refractivity contribution in [2.45, 2.75) is 45.3 Å². The van der Waals surface area contributed by atoms with Crippen LogP contribution in [0.1, 0.15) is 33.3 Å². The fourth-order valence-corrected chi connectivity index (χ4v) is 1.86. The van der Waals surface area contributed by atoms with Crippen molar-refractivity contribution >= 4 is 27.7 Å². The number of rotatable bonds is 4. The van der Waals surface area contributed by atoms with E-state index < -0.39 is 23.0 Å². The summed E-state index contributed by atoms with van der Waals surface area (Å²) >= 11 is 3.30. The lowest BCUT2D eigenvalue weighted by Crippen LogP contribution is -2.50. The van der Waals surface area contributed by atoms with Crippen LogP contribution < -0.4 is 0 Å². The SMILES string of the molecule is CC(=O)[C@](O)(Cc1ccc(Br)cc1)C(=O)OC(C)(C)C. The highest BCUT2D eigenvalue weighted by molar-refractivity contribution is 9.10. The average Bonchev–Trinajstić information content (AvgIpc) is 2.29. The van der Waals surface area contributed by atoms with Gasteiger partial charge in [-0.1, -0.05) is 28.1 Å². The predicted octanol–water partition coefficient (Wildman–Crippen LogP) is 2.65. The molecular formula is C15H19BrO4. The second kappa shape index (κ2) is 6.06. The van der Waals surface area contributed by atoms with Crippen LogP contribution in [-0.4, -0.2) is 28.1 Å². The topological polar surface area (TPSA) is 63.6 Å². The van der Waals surface area contributed by atoms with Gasteiger partial charge in [-0.15, -0.1) is 0 Å². The third-order valence-electron chi connectivity index (χ3n) is 2.69. The highest BCUT2D eigenvalue weighted by Crippen LogP contribution is 2.21. The van der Waals surface area contributed by atoms with E-state index in [2.05, 4.69) is 15.9 Å². The van der Waals surface area contributed by atoms with E-state index in [1.54, 1.807) is 45.0 Å². The molecule has 0 radical (unpaired) electrons. The van der Waals surface area contributed by atoms with Gasteiger partial charge in [0, 0.05) is 10.9 Å². The quantitative estimate of drug-likeness (QED) is 0.674. The number of ether oxygens (including phenoxy) is 1. The van der Waals surface area contributed by atoms with Gasteiger partial charge in [0.2, 0.25) is 5.60 Å². The normalized spacial score (nSPS) is 14.5. The van der Waals surface area contributed by atoms with E-state index in [1.807, 2.05) is 0 Å². The number of esters is 1. The fraction of sp³-hybridized carbons (Fsp3) is 0.467. The summed E-state index contributed by atoms with van der Waals surface area (Å²) < 4.78 is 6.02. The lowest BCUT2D eigenvalue weighted by atomic mass is 9.90. The predicted molar refractivity (Wildman–Crippen MR) is 79.3 cm³/mol. The van der Waals surface area contributed by atoms with Crippen LogP contribution in [-0.2, 0) is 20.7 Å². The molecule has 110 valence electrons. The number of carbonyl (C=O) groups excluding carboxylic acids is 2. The molecule has 0 aliphatic rings. The summed E-state index contributed by atoms with van der Waals surface area (Å²) in [5.41, 5.74) is -2.24. The third kappa shape index (κ3) is 4.42. The maximum Gasteiger partial charge on any atom is 0.346 e. The largest absolute Gasteiger partial charge is 0.457 e. The molecule has 0 aliphatic carbocycles. The van der Waals surface area contributed by atoms with Gasteiger partial charge in [0.25, 0.3) is 0 Å². The maximum absolute atomic E-state index is 12.1. The van der Waals surface area contributed by atoms with Gasteiger partial charge >= 0.3 is 5.97 Å². The average molecular weight is 343 g/mol. The molecule has 0 fully saturated rings.